The Balaban J connectivity index is 1.47. The van der Waals surface area contributed by atoms with Gasteiger partial charge >= 0.3 is 6.43 Å². The van der Waals surface area contributed by atoms with E-state index in [4.69, 9.17) is 20.8 Å². The number of aliphatic hydroxyl groups excluding tert-OH is 1. The average molecular weight is 508 g/mol. The topological polar surface area (TPSA) is 88.7 Å². The van der Waals surface area contributed by atoms with Gasteiger partial charge in [0.2, 0.25) is 5.89 Å². The second kappa shape index (κ2) is 9.60. The minimum Gasteiger partial charge on any atom is -0.415 e. The number of ether oxygens (including phenoxy) is 1. The van der Waals surface area contributed by atoms with Gasteiger partial charge in [0.1, 0.15) is 5.82 Å². The van der Waals surface area contributed by atoms with Gasteiger partial charge in [-0.2, -0.15) is 8.78 Å². The third-order valence-electron chi connectivity index (χ3n) is 6.53. The Hall–Kier alpha value is -2.95. The zero-order valence-corrected chi connectivity index (χ0v) is 19.1. The number of benzene rings is 2. The first-order valence-corrected chi connectivity index (χ1v) is 11.5. The first-order valence-electron chi connectivity index (χ1n) is 11.1. The van der Waals surface area contributed by atoms with Crippen LogP contribution in [0.1, 0.15) is 52.7 Å². The molecule has 1 fully saturated rings. The molecule has 11 heteroatoms. The molecule has 3 aromatic rings. The van der Waals surface area contributed by atoms with Crippen LogP contribution in [0, 0.1) is 11.7 Å². The zero-order valence-electron chi connectivity index (χ0n) is 18.3. The van der Waals surface area contributed by atoms with Gasteiger partial charge in [-0.25, -0.2) is 4.39 Å². The van der Waals surface area contributed by atoms with E-state index in [9.17, 15) is 23.1 Å². The van der Waals surface area contributed by atoms with Gasteiger partial charge in [0.15, 0.2) is 0 Å². The number of carbonyl (C=O) groups excluding carboxylic acids is 1. The fourth-order valence-electron chi connectivity index (χ4n) is 4.77. The summed E-state index contributed by atoms with van der Waals surface area (Å²) < 4.78 is 49.9. The van der Waals surface area contributed by atoms with E-state index >= 15 is 0 Å². The fourth-order valence-corrected chi connectivity index (χ4v) is 4.96. The molecule has 184 valence electrons. The number of rotatable bonds is 6. The summed E-state index contributed by atoms with van der Waals surface area (Å²) in [7, 11) is 0. The predicted molar refractivity (Wildman–Crippen MR) is 118 cm³/mol. The highest BCUT2D eigenvalue weighted by Crippen LogP contribution is 2.38. The summed E-state index contributed by atoms with van der Waals surface area (Å²) in [6.07, 6.45) is -2.73. The van der Waals surface area contributed by atoms with Crippen molar-refractivity contribution >= 4 is 17.5 Å². The number of hydrogen-bond acceptors (Lipinski definition) is 6. The van der Waals surface area contributed by atoms with Crippen molar-refractivity contribution in [2.24, 2.45) is 5.92 Å². The normalized spacial score (nSPS) is 18.2. The Morgan fingerprint density at radius 1 is 1.11 bits per heavy atom. The van der Waals surface area contributed by atoms with E-state index in [0.717, 1.165) is 0 Å². The van der Waals surface area contributed by atoms with Crippen LogP contribution < -0.4 is 0 Å². The molecular formula is C24H21ClF3N3O4. The molecule has 0 aliphatic carbocycles. The van der Waals surface area contributed by atoms with Crippen LogP contribution in [0.25, 0.3) is 11.5 Å². The number of aliphatic hydroxyl groups is 1. The molecule has 0 radical (unpaired) electrons. The molecular weight excluding hydrogens is 487 g/mol. The molecule has 35 heavy (non-hydrogen) atoms. The monoisotopic (exact) mass is 507 g/mol. The number of alkyl halides is 2. The number of amides is 1. The van der Waals surface area contributed by atoms with E-state index in [-0.39, 0.29) is 29.3 Å². The van der Waals surface area contributed by atoms with Crippen LogP contribution >= 0.6 is 11.6 Å². The van der Waals surface area contributed by atoms with Gasteiger partial charge in [0, 0.05) is 30.9 Å². The maximum absolute atomic E-state index is 13.7. The van der Waals surface area contributed by atoms with Crippen LogP contribution in [0.2, 0.25) is 5.02 Å². The third kappa shape index (κ3) is 4.53. The van der Waals surface area contributed by atoms with Crippen molar-refractivity contribution in [1.29, 1.82) is 0 Å². The van der Waals surface area contributed by atoms with Crippen molar-refractivity contribution in [2.45, 2.75) is 38.0 Å². The van der Waals surface area contributed by atoms with Crippen molar-refractivity contribution in [3.63, 3.8) is 0 Å². The summed E-state index contributed by atoms with van der Waals surface area (Å²) in [5, 5.41) is 18.2. The maximum Gasteiger partial charge on any atom is 0.314 e. The van der Waals surface area contributed by atoms with E-state index in [1.165, 1.54) is 24.3 Å². The lowest BCUT2D eigenvalue weighted by Crippen LogP contribution is -2.46. The van der Waals surface area contributed by atoms with E-state index < -0.39 is 30.3 Å². The highest BCUT2D eigenvalue weighted by atomic mass is 35.5. The first-order chi connectivity index (χ1) is 16.8. The minimum atomic E-state index is -2.90. The summed E-state index contributed by atoms with van der Waals surface area (Å²) in [6.45, 7) is 1.25. The molecule has 0 bridgehead atoms. The summed E-state index contributed by atoms with van der Waals surface area (Å²) in [4.78, 5) is 15.1. The molecule has 1 aromatic heterocycles. The molecule has 0 spiro atoms. The molecule has 2 aliphatic heterocycles. The smallest absolute Gasteiger partial charge is 0.314 e. The van der Waals surface area contributed by atoms with Crippen LogP contribution in [0.4, 0.5) is 13.2 Å². The van der Waals surface area contributed by atoms with Gasteiger partial charge in [-0.1, -0.05) is 23.7 Å². The molecule has 0 saturated carbocycles. The number of carbonyl (C=O) groups is 1. The second-order valence-electron chi connectivity index (χ2n) is 8.61. The summed E-state index contributed by atoms with van der Waals surface area (Å²) in [5.41, 5.74) is 1.82. The lowest BCUT2D eigenvalue weighted by Gasteiger charge is -2.39. The lowest BCUT2D eigenvalue weighted by atomic mass is 9.84. The largest absolute Gasteiger partial charge is 0.415 e. The Morgan fingerprint density at radius 2 is 1.89 bits per heavy atom. The maximum atomic E-state index is 13.7. The summed E-state index contributed by atoms with van der Waals surface area (Å²) in [6, 6.07) is 8.26. The van der Waals surface area contributed by atoms with Gasteiger partial charge in [-0.05, 0) is 54.2 Å². The zero-order chi connectivity index (χ0) is 24.7. The minimum absolute atomic E-state index is 0.0650. The molecule has 1 amide bonds. The predicted octanol–water partition coefficient (Wildman–Crippen LogP) is 4.95. The van der Waals surface area contributed by atoms with Crippen LogP contribution in [0.15, 0.2) is 40.8 Å². The van der Waals surface area contributed by atoms with Crippen molar-refractivity contribution in [3.05, 3.63) is 69.8 Å². The standard InChI is InChI=1S/C24H21ClF3N3O4/c25-17-10-13(3-4-18(17)26)20(32)19(12-5-7-34-8-6-12)31-11-15-2-1-14(9-16(15)24(31)33)22-29-30-23(35-22)21(27)28/h1-4,9-10,12,19-21,32H,5-8,11H2. The van der Waals surface area contributed by atoms with E-state index in [0.29, 0.717) is 48.3 Å². The SMILES string of the molecule is O=C1c2cc(-c3nnc(C(F)F)o3)ccc2CN1C(C1CCOCC1)C(O)c1ccc(F)c(Cl)c1. The molecule has 2 aromatic carbocycles. The Bertz CT molecular complexity index is 1250. The second-order valence-corrected chi connectivity index (χ2v) is 9.02. The number of halogens is 4. The third-order valence-corrected chi connectivity index (χ3v) is 6.82. The quantitative estimate of drug-likeness (QED) is 0.508. The molecule has 7 nitrogen and oxygen atoms in total. The highest BCUT2D eigenvalue weighted by molar-refractivity contribution is 6.30. The molecule has 1 saturated heterocycles. The van der Waals surface area contributed by atoms with E-state index in [1.807, 2.05) is 0 Å². The molecule has 5 rings (SSSR count). The van der Waals surface area contributed by atoms with Gasteiger partial charge < -0.3 is 19.2 Å². The van der Waals surface area contributed by atoms with Crippen molar-refractivity contribution < 1.29 is 32.2 Å². The van der Waals surface area contributed by atoms with Crippen LogP contribution in [0.5, 0.6) is 0 Å². The van der Waals surface area contributed by atoms with Crippen LogP contribution in [-0.4, -0.2) is 45.4 Å². The van der Waals surface area contributed by atoms with Gasteiger partial charge in [0.05, 0.1) is 17.2 Å². The fraction of sp³-hybridized carbons (Fsp3) is 0.375. The van der Waals surface area contributed by atoms with Crippen LogP contribution in [-0.2, 0) is 11.3 Å². The van der Waals surface area contributed by atoms with Gasteiger partial charge in [-0.3, -0.25) is 4.79 Å². The molecule has 3 heterocycles. The summed E-state index contributed by atoms with van der Waals surface area (Å²) in [5.74, 6) is -1.90. The van der Waals surface area contributed by atoms with Gasteiger partial charge in [0.25, 0.3) is 11.8 Å². The Morgan fingerprint density at radius 3 is 2.57 bits per heavy atom. The molecule has 1 N–H and O–H groups in total. The number of nitrogens with zero attached hydrogens (tertiary/aromatic N) is 3. The summed E-state index contributed by atoms with van der Waals surface area (Å²) >= 11 is 5.95. The average Bonchev–Trinajstić information content (AvgIpc) is 3.47. The van der Waals surface area contributed by atoms with Gasteiger partial charge in [-0.15, -0.1) is 10.2 Å². The lowest BCUT2D eigenvalue weighted by molar-refractivity contribution is -0.0213. The number of aromatic nitrogens is 2. The Labute approximate surface area is 203 Å². The first kappa shape index (κ1) is 23.8. The van der Waals surface area contributed by atoms with Crippen molar-refractivity contribution in [3.8, 4) is 11.5 Å². The van der Waals surface area contributed by atoms with Crippen molar-refractivity contribution in [2.75, 3.05) is 13.2 Å². The van der Waals surface area contributed by atoms with E-state index in [2.05, 4.69) is 10.2 Å². The Kier molecular flexibility index (Phi) is 6.52. The van der Waals surface area contributed by atoms with Crippen LogP contribution in [0.3, 0.4) is 0 Å². The highest BCUT2D eigenvalue weighted by Gasteiger charge is 2.41. The van der Waals surface area contributed by atoms with Crippen molar-refractivity contribution in [1.82, 2.24) is 15.1 Å². The van der Waals surface area contributed by atoms with E-state index in [1.54, 1.807) is 17.0 Å². The number of fused-ring (bicyclic) bond motifs is 1. The number of hydrogen-bond donors (Lipinski definition) is 1. The molecule has 2 unspecified atom stereocenters. The molecule has 2 atom stereocenters. The molecule has 2 aliphatic rings.